The third-order valence-electron chi connectivity index (χ3n) is 3.75. The van der Waals surface area contributed by atoms with E-state index in [1.165, 1.54) is 17.7 Å². The summed E-state index contributed by atoms with van der Waals surface area (Å²) < 4.78 is 0. The molecule has 3 rings (SSSR count). The van der Waals surface area contributed by atoms with Crippen molar-refractivity contribution in [2.75, 3.05) is 4.90 Å². The van der Waals surface area contributed by atoms with Crippen molar-refractivity contribution in [3.63, 3.8) is 0 Å². The minimum atomic E-state index is 0.715. The van der Waals surface area contributed by atoms with Gasteiger partial charge >= 0.3 is 0 Å². The first-order valence-electron chi connectivity index (χ1n) is 6.70. The van der Waals surface area contributed by atoms with Gasteiger partial charge in [-0.25, -0.2) is 0 Å². The lowest BCUT2D eigenvalue weighted by Crippen LogP contribution is -2.26. The van der Waals surface area contributed by atoms with Gasteiger partial charge in [-0.15, -0.1) is 0 Å². The number of hydrogen-bond acceptors (Lipinski definition) is 1. The van der Waals surface area contributed by atoms with Crippen LogP contribution in [0.25, 0.3) is 0 Å². The average molecular weight is 237 g/mol. The molecule has 0 bridgehead atoms. The van der Waals surface area contributed by atoms with Crippen molar-refractivity contribution < 1.29 is 0 Å². The van der Waals surface area contributed by atoms with Gasteiger partial charge in [-0.3, -0.25) is 0 Å². The normalized spacial score (nSPS) is 21.6. The smallest absolute Gasteiger partial charge is 0.0432 e. The van der Waals surface area contributed by atoms with Crippen molar-refractivity contribution in [2.45, 2.75) is 25.9 Å². The first kappa shape index (κ1) is 11.3. The number of benzene rings is 2. The molecule has 0 amide bonds. The van der Waals surface area contributed by atoms with Crippen molar-refractivity contribution in [2.24, 2.45) is 5.92 Å². The van der Waals surface area contributed by atoms with Crippen LogP contribution in [0.5, 0.6) is 0 Å². The highest BCUT2D eigenvalue weighted by molar-refractivity contribution is 5.49. The van der Waals surface area contributed by atoms with Crippen LogP contribution in [0.3, 0.4) is 0 Å². The molecule has 92 valence electrons. The molecule has 1 heteroatoms. The summed E-state index contributed by atoms with van der Waals surface area (Å²) in [6, 6.07) is 22.2. The minimum absolute atomic E-state index is 0.715. The number of rotatable bonds is 4. The molecule has 0 saturated heterocycles. The lowest BCUT2D eigenvalue weighted by atomic mass is 10.2. The second-order valence-corrected chi connectivity index (χ2v) is 5.23. The summed E-state index contributed by atoms with van der Waals surface area (Å²) >= 11 is 0. The summed E-state index contributed by atoms with van der Waals surface area (Å²) in [6.45, 7) is 3.35. The molecule has 2 aromatic rings. The van der Waals surface area contributed by atoms with Gasteiger partial charge in [0, 0.05) is 18.3 Å². The van der Waals surface area contributed by atoms with Crippen LogP contribution in [0.1, 0.15) is 18.9 Å². The van der Waals surface area contributed by atoms with Crippen LogP contribution < -0.4 is 4.90 Å². The average Bonchev–Trinajstić information content (AvgIpc) is 3.15. The Morgan fingerprint density at radius 3 is 2.06 bits per heavy atom. The first-order valence-corrected chi connectivity index (χ1v) is 6.70. The Morgan fingerprint density at radius 1 is 0.944 bits per heavy atom. The predicted octanol–water partition coefficient (Wildman–Crippen LogP) is 4.10. The highest BCUT2D eigenvalue weighted by Gasteiger charge is 2.38. The van der Waals surface area contributed by atoms with Crippen LogP contribution in [0.2, 0.25) is 0 Å². The Hall–Kier alpha value is -1.76. The number of nitrogens with zero attached hydrogens (tertiary/aromatic N) is 1. The Kier molecular flexibility index (Phi) is 3.06. The highest BCUT2D eigenvalue weighted by atomic mass is 15.2. The second-order valence-electron chi connectivity index (χ2n) is 5.23. The first-order chi connectivity index (χ1) is 8.84. The molecule has 1 aliphatic rings. The molecule has 0 N–H and O–H groups in total. The van der Waals surface area contributed by atoms with Crippen LogP contribution in [-0.2, 0) is 6.54 Å². The second kappa shape index (κ2) is 4.85. The minimum Gasteiger partial charge on any atom is -0.364 e. The van der Waals surface area contributed by atoms with Crippen LogP contribution in [0, 0.1) is 5.92 Å². The largest absolute Gasteiger partial charge is 0.364 e. The van der Waals surface area contributed by atoms with Crippen LogP contribution in [-0.4, -0.2) is 6.04 Å². The SMILES string of the molecule is C[C@H]1C[C@@H]1N(Cc1ccccc1)c1ccccc1. The molecule has 2 atom stereocenters. The van der Waals surface area contributed by atoms with E-state index in [9.17, 15) is 0 Å². The van der Waals surface area contributed by atoms with Crippen LogP contribution >= 0.6 is 0 Å². The molecule has 1 aliphatic carbocycles. The lowest BCUT2D eigenvalue weighted by molar-refractivity contribution is 0.747. The highest BCUT2D eigenvalue weighted by Crippen LogP contribution is 2.38. The summed E-state index contributed by atoms with van der Waals surface area (Å²) in [5.74, 6) is 0.828. The quantitative estimate of drug-likeness (QED) is 0.773. The standard InChI is InChI=1S/C17H19N/c1-14-12-17(14)18(16-10-6-3-7-11-16)13-15-8-4-2-5-9-15/h2-11,14,17H,12-13H2,1H3/t14-,17-/m0/s1. The van der Waals surface area contributed by atoms with E-state index >= 15 is 0 Å². The van der Waals surface area contributed by atoms with E-state index < -0.39 is 0 Å². The van der Waals surface area contributed by atoms with Crippen molar-refractivity contribution in [3.8, 4) is 0 Å². The molecular weight excluding hydrogens is 218 g/mol. The van der Waals surface area contributed by atoms with Crippen molar-refractivity contribution in [1.82, 2.24) is 0 Å². The zero-order chi connectivity index (χ0) is 12.4. The molecule has 0 radical (unpaired) electrons. The Balaban J connectivity index is 1.83. The number of anilines is 1. The van der Waals surface area contributed by atoms with Gasteiger partial charge < -0.3 is 4.90 Å². The van der Waals surface area contributed by atoms with Gasteiger partial charge in [-0.1, -0.05) is 55.5 Å². The summed E-state index contributed by atoms with van der Waals surface area (Å²) in [6.07, 6.45) is 1.32. The monoisotopic (exact) mass is 237 g/mol. The maximum atomic E-state index is 2.54. The summed E-state index contributed by atoms with van der Waals surface area (Å²) in [4.78, 5) is 2.54. The molecule has 0 aromatic heterocycles. The third kappa shape index (κ3) is 2.40. The third-order valence-corrected chi connectivity index (χ3v) is 3.75. The fourth-order valence-corrected chi connectivity index (χ4v) is 2.54. The van der Waals surface area contributed by atoms with Gasteiger partial charge in [0.2, 0.25) is 0 Å². The van der Waals surface area contributed by atoms with Gasteiger partial charge in [-0.2, -0.15) is 0 Å². The van der Waals surface area contributed by atoms with Gasteiger partial charge in [0.1, 0.15) is 0 Å². The topological polar surface area (TPSA) is 3.24 Å². The molecule has 0 spiro atoms. The maximum Gasteiger partial charge on any atom is 0.0432 e. The molecule has 1 fully saturated rings. The molecule has 0 aliphatic heterocycles. The van der Waals surface area contributed by atoms with E-state index in [2.05, 4.69) is 72.5 Å². The van der Waals surface area contributed by atoms with E-state index in [1.54, 1.807) is 0 Å². The molecule has 2 aromatic carbocycles. The zero-order valence-electron chi connectivity index (χ0n) is 10.8. The molecule has 0 unspecified atom stereocenters. The molecule has 0 heterocycles. The van der Waals surface area contributed by atoms with Crippen LogP contribution in [0.4, 0.5) is 5.69 Å². The van der Waals surface area contributed by atoms with Gasteiger partial charge in [0.25, 0.3) is 0 Å². The fraction of sp³-hybridized carbons (Fsp3) is 0.294. The zero-order valence-corrected chi connectivity index (χ0v) is 10.8. The van der Waals surface area contributed by atoms with Crippen LogP contribution in [0.15, 0.2) is 60.7 Å². The molecule has 18 heavy (non-hydrogen) atoms. The number of hydrogen-bond donors (Lipinski definition) is 0. The van der Waals surface area contributed by atoms with E-state index in [-0.39, 0.29) is 0 Å². The number of para-hydroxylation sites is 1. The van der Waals surface area contributed by atoms with Crippen molar-refractivity contribution >= 4 is 5.69 Å². The van der Waals surface area contributed by atoms with E-state index in [4.69, 9.17) is 0 Å². The molecule has 1 nitrogen and oxygen atoms in total. The van der Waals surface area contributed by atoms with E-state index in [1.807, 2.05) is 0 Å². The Bertz CT molecular complexity index is 492. The fourth-order valence-electron chi connectivity index (χ4n) is 2.54. The maximum absolute atomic E-state index is 2.54. The summed E-state index contributed by atoms with van der Waals surface area (Å²) in [5.41, 5.74) is 2.73. The Labute approximate surface area is 109 Å². The Morgan fingerprint density at radius 2 is 1.50 bits per heavy atom. The summed E-state index contributed by atoms with van der Waals surface area (Å²) in [7, 11) is 0. The van der Waals surface area contributed by atoms with Gasteiger partial charge in [-0.05, 0) is 30.0 Å². The molecule has 1 saturated carbocycles. The summed E-state index contributed by atoms with van der Waals surface area (Å²) in [5, 5.41) is 0. The van der Waals surface area contributed by atoms with Crippen molar-refractivity contribution in [3.05, 3.63) is 66.2 Å². The van der Waals surface area contributed by atoms with E-state index in [0.717, 1.165) is 12.5 Å². The van der Waals surface area contributed by atoms with Gasteiger partial charge in [0.05, 0.1) is 0 Å². The lowest BCUT2D eigenvalue weighted by Gasteiger charge is -2.25. The van der Waals surface area contributed by atoms with E-state index in [0.29, 0.717) is 6.04 Å². The van der Waals surface area contributed by atoms with Crippen molar-refractivity contribution in [1.29, 1.82) is 0 Å². The van der Waals surface area contributed by atoms with Gasteiger partial charge in [0.15, 0.2) is 0 Å². The predicted molar refractivity (Wildman–Crippen MR) is 76.6 cm³/mol. The molecular formula is C17H19N.